The van der Waals surface area contributed by atoms with Crippen LogP contribution in [0, 0.1) is 5.92 Å². The fourth-order valence-electron chi connectivity index (χ4n) is 2.54. The maximum Gasteiger partial charge on any atom is 0.170 e. The number of piperidine rings is 1. The Balaban J connectivity index is 2.21. The predicted molar refractivity (Wildman–Crippen MR) is 80.8 cm³/mol. The maximum atomic E-state index is 8.69. The van der Waals surface area contributed by atoms with E-state index in [1.54, 1.807) is 19.2 Å². The van der Waals surface area contributed by atoms with E-state index in [1.165, 1.54) is 0 Å². The minimum absolute atomic E-state index is 0.0560. The normalized spacial score (nSPS) is 23.9. The van der Waals surface area contributed by atoms with Gasteiger partial charge in [-0.1, -0.05) is 23.7 Å². The lowest BCUT2D eigenvalue weighted by Crippen LogP contribution is -2.44. The highest BCUT2D eigenvalue weighted by Crippen LogP contribution is 2.31. The molecular formula is C14H20ClN3O2. The zero-order chi connectivity index (χ0) is 14.7. The Labute approximate surface area is 124 Å². The topological polar surface area (TPSA) is 71.1 Å². The second kappa shape index (κ2) is 6.33. The number of anilines is 1. The van der Waals surface area contributed by atoms with Gasteiger partial charge in [-0.15, -0.1) is 0 Å². The van der Waals surface area contributed by atoms with Gasteiger partial charge in [0.1, 0.15) is 0 Å². The maximum absolute atomic E-state index is 8.69. The van der Waals surface area contributed by atoms with E-state index in [0.717, 1.165) is 25.2 Å². The molecule has 2 rings (SSSR count). The lowest BCUT2D eigenvalue weighted by atomic mass is 9.95. The second-order valence-electron chi connectivity index (χ2n) is 5.14. The fourth-order valence-corrected chi connectivity index (χ4v) is 2.84. The molecule has 1 aliphatic rings. The molecular weight excluding hydrogens is 278 g/mol. The fraction of sp³-hybridized carbons (Fsp3) is 0.500. The van der Waals surface area contributed by atoms with Crippen molar-refractivity contribution in [2.24, 2.45) is 16.8 Å². The van der Waals surface area contributed by atoms with E-state index in [2.05, 4.69) is 17.0 Å². The van der Waals surface area contributed by atoms with E-state index < -0.39 is 0 Å². The van der Waals surface area contributed by atoms with Gasteiger partial charge in [0, 0.05) is 25.8 Å². The Morgan fingerprint density at radius 2 is 2.30 bits per heavy atom. The molecule has 1 fully saturated rings. The van der Waals surface area contributed by atoms with Crippen LogP contribution in [0.1, 0.15) is 18.9 Å². The molecule has 0 bridgehead atoms. The molecule has 1 saturated heterocycles. The van der Waals surface area contributed by atoms with Crippen LogP contribution in [0.4, 0.5) is 5.69 Å². The summed E-state index contributed by atoms with van der Waals surface area (Å²) in [6, 6.07) is 5.42. The van der Waals surface area contributed by atoms with Gasteiger partial charge < -0.3 is 20.6 Å². The van der Waals surface area contributed by atoms with E-state index >= 15 is 0 Å². The molecule has 0 radical (unpaired) electrons. The summed E-state index contributed by atoms with van der Waals surface area (Å²) in [4.78, 5) is 2.21. The van der Waals surface area contributed by atoms with Gasteiger partial charge in [0.2, 0.25) is 0 Å². The molecule has 20 heavy (non-hydrogen) atoms. The highest BCUT2D eigenvalue weighted by molar-refractivity contribution is 6.33. The van der Waals surface area contributed by atoms with Gasteiger partial charge in [0.25, 0.3) is 0 Å². The Kier molecular flexibility index (Phi) is 4.73. The first-order valence-corrected chi connectivity index (χ1v) is 6.99. The van der Waals surface area contributed by atoms with Crippen LogP contribution in [-0.4, -0.2) is 37.3 Å². The number of methoxy groups -OCH3 is 1. The number of oxime groups is 1. The van der Waals surface area contributed by atoms with Crippen molar-refractivity contribution < 1.29 is 9.94 Å². The van der Waals surface area contributed by atoms with Crippen molar-refractivity contribution in [2.75, 3.05) is 25.1 Å². The molecule has 1 aromatic carbocycles. The molecule has 1 aliphatic heterocycles. The molecule has 0 spiro atoms. The predicted octanol–water partition coefficient (Wildman–Crippen LogP) is 2.30. The number of nitrogens with zero attached hydrogens (tertiary/aromatic N) is 2. The monoisotopic (exact) mass is 297 g/mol. The standard InChI is InChI=1S/C14H20ClN3O2/c1-9-5-6-18(8-13(9)20-2)12-4-3-10(7-11(12)15)14(16)17-19/h3-4,7,9,13,19H,5-6,8H2,1-2H3,(H2,16,17). The molecule has 3 N–H and O–H groups in total. The summed E-state index contributed by atoms with van der Waals surface area (Å²) in [7, 11) is 1.74. The van der Waals surface area contributed by atoms with Crippen molar-refractivity contribution in [3.8, 4) is 0 Å². The van der Waals surface area contributed by atoms with E-state index in [1.807, 2.05) is 6.07 Å². The van der Waals surface area contributed by atoms with Crippen molar-refractivity contribution in [2.45, 2.75) is 19.4 Å². The summed E-state index contributed by atoms with van der Waals surface area (Å²) in [6.45, 7) is 3.97. The third kappa shape index (κ3) is 2.99. The molecule has 1 aromatic rings. The van der Waals surface area contributed by atoms with E-state index in [-0.39, 0.29) is 11.9 Å². The van der Waals surface area contributed by atoms with Gasteiger partial charge in [-0.25, -0.2) is 0 Å². The Bertz CT molecular complexity index is 507. The van der Waals surface area contributed by atoms with Gasteiger partial charge >= 0.3 is 0 Å². The number of nitrogens with two attached hydrogens (primary N) is 1. The van der Waals surface area contributed by atoms with Crippen LogP contribution in [0.2, 0.25) is 5.02 Å². The van der Waals surface area contributed by atoms with Gasteiger partial charge in [0.05, 0.1) is 16.8 Å². The molecule has 110 valence electrons. The van der Waals surface area contributed by atoms with Crippen molar-refractivity contribution in [1.82, 2.24) is 0 Å². The molecule has 0 amide bonds. The first-order chi connectivity index (χ1) is 9.56. The zero-order valence-electron chi connectivity index (χ0n) is 11.7. The molecule has 1 heterocycles. The number of benzene rings is 1. The van der Waals surface area contributed by atoms with Gasteiger partial charge in [-0.05, 0) is 30.5 Å². The number of rotatable bonds is 3. The molecule has 2 atom stereocenters. The van der Waals surface area contributed by atoms with Crippen LogP contribution in [0.3, 0.4) is 0 Å². The first kappa shape index (κ1) is 14.9. The quantitative estimate of drug-likeness (QED) is 0.389. The van der Waals surface area contributed by atoms with E-state index in [9.17, 15) is 0 Å². The van der Waals surface area contributed by atoms with E-state index in [0.29, 0.717) is 16.5 Å². The summed E-state index contributed by atoms with van der Waals surface area (Å²) in [5, 5.41) is 12.3. The molecule has 0 aliphatic carbocycles. The third-order valence-corrected chi connectivity index (χ3v) is 4.19. The summed E-state index contributed by atoms with van der Waals surface area (Å²) in [6.07, 6.45) is 1.28. The van der Waals surface area contributed by atoms with Crippen molar-refractivity contribution in [3.05, 3.63) is 28.8 Å². The molecule has 2 unspecified atom stereocenters. The Hall–Kier alpha value is -1.46. The number of hydrogen-bond donors (Lipinski definition) is 2. The van der Waals surface area contributed by atoms with Crippen LogP contribution in [0.25, 0.3) is 0 Å². The van der Waals surface area contributed by atoms with Crippen LogP contribution in [0.15, 0.2) is 23.4 Å². The summed E-state index contributed by atoms with van der Waals surface area (Å²) in [5.41, 5.74) is 7.12. The smallest absolute Gasteiger partial charge is 0.170 e. The van der Waals surface area contributed by atoms with Crippen LogP contribution in [-0.2, 0) is 4.74 Å². The van der Waals surface area contributed by atoms with Gasteiger partial charge in [0.15, 0.2) is 5.84 Å². The minimum Gasteiger partial charge on any atom is -0.409 e. The largest absolute Gasteiger partial charge is 0.409 e. The average Bonchev–Trinajstić information content (AvgIpc) is 2.47. The molecule has 5 nitrogen and oxygen atoms in total. The lowest BCUT2D eigenvalue weighted by molar-refractivity contribution is 0.0498. The number of ether oxygens (including phenoxy) is 1. The average molecular weight is 298 g/mol. The number of amidine groups is 1. The highest BCUT2D eigenvalue weighted by atomic mass is 35.5. The summed E-state index contributed by atoms with van der Waals surface area (Å²) >= 11 is 6.32. The highest BCUT2D eigenvalue weighted by Gasteiger charge is 2.27. The summed E-state index contributed by atoms with van der Waals surface area (Å²) in [5.74, 6) is 0.604. The summed E-state index contributed by atoms with van der Waals surface area (Å²) < 4.78 is 5.52. The van der Waals surface area contributed by atoms with Gasteiger partial charge in [-0.3, -0.25) is 0 Å². The molecule has 6 heteroatoms. The van der Waals surface area contributed by atoms with Crippen LogP contribution >= 0.6 is 11.6 Å². The Morgan fingerprint density at radius 1 is 1.55 bits per heavy atom. The van der Waals surface area contributed by atoms with E-state index in [4.69, 9.17) is 27.3 Å². The second-order valence-corrected chi connectivity index (χ2v) is 5.54. The van der Waals surface area contributed by atoms with Gasteiger partial charge in [-0.2, -0.15) is 0 Å². The minimum atomic E-state index is 0.0560. The van der Waals surface area contributed by atoms with Crippen LogP contribution < -0.4 is 10.6 Å². The SMILES string of the molecule is COC1CN(c2ccc(/C(N)=N/O)cc2Cl)CCC1C. The first-order valence-electron chi connectivity index (χ1n) is 6.62. The Morgan fingerprint density at radius 3 is 2.90 bits per heavy atom. The number of hydrogen-bond acceptors (Lipinski definition) is 4. The van der Waals surface area contributed by atoms with Crippen LogP contribution in [0.5, 0.6) is 0 Å². The van der Waals surface area contributed by atoms with Crippen molar-refractivity contribution in [3.63, 3.8) is 0 Å². The van der Waals surface area contributed by atoms with Crippen molar-refractivity contribution >= 4 is 23.1 Å². The molecule has 0 aromatic heterocycles. The number of halogens is 1. The lowest BCUT2D eigenvalue weighted by Gasteiger charge is -2.38. The molecule has 0 saturated carbocycles. The zero-order valence-corrected chi connectivity index (χ0v) is 12.5. The third-order valence-electron chi connectivity index (χ3n) is 3.88. The van der Waals surface area contributed by atoms with Crippen molar-refractivity contribution in [1.29, 1.82) is 0 Å².